The van der Waals surface area contributed by atoms with E-state index in [9.17, 15) is 0 Å². The van der Waals surface area contributed by atoms with E-state index in [0.717, 1.165) is 25.0 Å². The molecule has 3 nitrogen and oxygen atoms in total. The zero-order valence-electron chi connectivity index (χ0n) is 12.1. The van der Waals surface area contributed by atoms with Crippen molar-refractivity contribution in [1.82, 2.24) is 10.2 Å². The molecule has 1 saturated carbocycles. The second-order valence-electron chi connectivity index (χ2n) is 7.36. The molecular formula is C15H27N3. The third-order valence-electron chi connectivity index (χ3n) is 3.86. The molecule has 3 heteroatoms. The van der Waals surface area contributed by atoms with Crippen LogP contribution in [0.1, 0.15) is 46.5 Å². The number of likely N-dealkylation sites (tertiary alicyclic amines) is 1. The molecule has 2 unspecified atom stereocenters. The average Bonchev–Trinajstić information content (AvgIpc) is 2.98. The van der Waals surface area contributed by atoms with Gasteiger partial charge in [0.25, 0.3) is 0 Å². The molecule has 1 N–H and O–H groups in total. The van der Waals surface area contributed by atoms with Crippen molar-refractivity contribution >= 4 is 0 Å². The molecular weight excluding hydrogens is 222 g/mol. The number of nitrogens with zero attached hydrogens (tertiary/aromatic N) is 2. The van der Waals surface area contributed by atoms with Crippen LogP contribution in [0.2, 0.25) is 0 Å². The third kappa shape index (κ3) is 4.59. The molecule has 1 heterocycles. The van der Waals surface area contributed by atoms with E-state index < -0.39 is 0 Å². The Balaban J connectivity index is 1.90. The topological polar surface area (TPSA) is 39.1 Å². The van der Waals surface area contributed by atoms with Gasteiger partial charge in [0.1, 0.15) is 0 Å². The van der Waals surface area contributed by atoms with Crippen molar-refractivity contribution in [3.05, 3.63) is 0 Å². The summed E-state index contributed by atoms with van der Waals surface area (Å²) in [5.41, 5.74) is 0.393. The number of nitriles is 1. The van der Waals surface area contributed by atoms with Crippen molar-refractivity contribution in [2.45, 2.75) is 58.5 Å². The molecule has 0 aromatic heterocycles. The Bertz CT molecular complexity index is 309. The van der Waals surface area contributed by atoms with Crippen LogP contribution in [0.5, 0.6) is 0 Å². The first-order valence-electron chi connectivity index (χ1n) is 7.31. The minimum absolute atomic E-state index is 0.393. The van der Waals surface area contributed by atoms with Crippen molar-refractivity contribution in [3.8, 4) is 6.07 Å². The Morgan fingerprint density at radius 1 is 1.22 bits per heavy atom. The Kier molecular flexibility index (Phi) is 4.29. The van der Waals surface area contributed by atoms with Gasteiger partial charge in [-0.2, -0.15) is 5.26 Å². The minimum Gasteiger partial charge on any atom is -0.310 e. The van der Waals surface area contributed by atoms with Crippen molar-refractivity contribution < 1.29 is 0 Å². The van der Waals surface area contributed by atoms with E-state index in [1.807, 2.05) is 0 Å². The number of piperidine rings is 1. The number of rotatable bonds is 4. The van der Waals surface area contributed by atoms with Crippen LogP contribution in [-0.2, 0) is 0 Å². The summed E-state index contributed by atoms with van der Waals surface area (Å²) in [6.07, 6.45) is 5.24. The van der Waals surface area contributed by atoms with E-state index in [4.69, 9.17) is 5.26 Å². The van der Waals surface area contributed by atoms with Gasteiger partial charge in [0.15, 0.2) is 0 Å². The van der Waals surface area contributed by atoms with Crippen molar-refractivity contribution in [2.75, 3.05) is 19.6 Å². The molecule has 102 valence electrons. The van der Waals surface area contributed by atoms with Gasteiger partial charge in [-0.15, -0.1) is 0 Å². The summed E-state index contributed by atoms with van der Waals surface area (Å²) in [6.45, 7) is 9.71. The highest BCUT2D eigenvalue weighted by Crippen LogP contribution is 2.31. The summed E-state index contributed by atoms with van der Waals surface area (Å²) < 4.78 is 0. The highest BCUT2D eigenvalue weighted by atomic mass is 15.2. The van der Waals surface area contributed by atoms with Crippen molar-refractivity contribution in [3.63, 3.8) is 0 Å². The lowest BCUT2D eigenvalue weighted by molar-refractivity contribution is 0.124. The van der Waals surface area contributed by atoms with E-state index in [2.05, 4.69) is 37.1 Å². The first-order chi connectivity index (χ1) is 8.46. The first-order valence-corrected chi connectivity index (χ1v) is 7.31. The monoisotopic (exact) mass is 249 g/mol. The molecule has 0 amide bonds. The molecule has 18 heavy (non-hydrogen) atoms. The van der Waals surface area contributed by atoms with Crippen molar-refractivity contribution in [1.29, 1.82) is 5.26 Å². The second kappa shape index (κ2) is 5.59. The second-order valence-corrected chi connectivity index (χ2v) is 7.36. The van der Waals surface area contributed by atoms with Crippen LogP contribution < -0.4 is 5.32 Å². The summed E-state index contributed by atoms with van der Waals surface area (Å²) in [5.74, 6) is 0.739. The summed E-state index contributed by atoms with van der Waals surface area (Å²) in [4.78, 5) is 2.33. The highest BCUT2D eigenvalue weighted by molar-refractivity contribution is 4.93. The van der Waals surface area contributed by atoms with Gasteiger partial charge in [0.2, 0.25) is 0 Å². The molecule has 1 saturated heterocycles. The normalized spacial score (nSPS) is 30.1. The van der Waals surface area contributed by atoms with Gasteiger partial charge in [0.05, 0.1) is 12.6 Å². The number of hydrogen-bond donors (Lipinski definition) is 1. The van der Waals surface area contributed by atoms with Gasteiger partial charge >= 0.3 is 0 Å². The summed E-state index contributed by atoms with van der Waals surface area (Å²) in [6, 6.07) is 3.68. The maximum Gasteiger partial charge on any atom is 0.0866 e. The van der Waals surface area contributed by atoms with Crippen LogP contribution in [0.3, 0.4) is 0 Å². The molecule has 2 atom stereocenters. The first kappa shape index (κ1) is 13.8. The van der Waals surface area contributed by atoms with Crippen LogP contribution in [0, 0.1) is 22.7 Å². The highest BCUT2D eigenvalue weighted by Gasteiger charge is 2.32. The van der Waals surface area contributed by atoms with E-state index >= 15 is 0 Å². The standard InChI is InChI=1S/C15H27N3/c1-15(2,3)9-12-8-14(17-13-4-5-13)11-18(10-12)7-6-16/h12-14,17H,4-5,7-11H2,1-3H3. The molecule has 1 aliphatic heterocycles. The van der Waals surface area contributed by atoms with E-state index in [-0.39, 0.29) is 0 Å². The van der Waals surface area contributed by atoms with Gasteiger partial charge in [-0.1, -0.05) is 20.8 Å². The number of nitrogens with one attached hydrogen (secondary N) is 1. The fourth-order valence-corrected chi connectivity index (χ4v) is 3.25. The smallest absolute Gasteiger partial charge is 0.0866 e. The van der Waals surface area contributed by atoms with Crippen LogP contribution >= 0.6 is 0 Å². The Morgan fingerprint density at radius 3 is 2.50 bits per heavy atom. The van der Waals surface area contributed by atoms with Gasteiger partial charge < -0.3 is 5.32 Å². The summed E-state index contributed by atoms with van der Waals surface area (Å²) in [7, 11) is 0. The lowest BCUT2D eigenvalue weighted by atomic mass is 9.80. The van der Waals surface area contributed by atoms with Gasteiger partial charge in [0, 0.05) is 25.2 Å². The molecule has 0 spiro atoms. The largest absolute Gasteiger partial charge is 0.310 e. The van der Waals surface area contributed by atoms with Crippen molar-refractivity contribution in [2.24, 2.45) is 11.3 Å². The van der Waals surface area contributed by atoms with Crippen LogP contribution in [-0.4, -0.2) is 36.6 Å². The van der Waals surface area contributed by atoms with Gasteiger partial charge in [-0.05, 0) is 37.0 Å². The maximum atomic E-state index is 8.91. The lowest BCUT2D eigenvalue weighted by Crippen LogP contribution is -2.50. The van der Waals surface area contributed by atoms with E-state index in [1.165, 1.54) is 25.7 Å². The molecule has 0 aromatic carbocycles. The van der Waals surface area contributed by atoms with E-state index in [0.29, 0.717) is 18.0 Å². The average molecular weight is 249 g/mol. The number of hydrogen-bond acceptors (Lipinski definition) is 3. The van der Waals surface area contributed by atoms with Crippen LogP contribution in [0.15, 0.2) is 0 Å². The molecule has 2 fully saturated rings. The summed E-state index contributed by atoms with van der Waals surface area (Å²) in [5, 5.41) is 12.7. The zero-order chi connectivity index (χ0) is 13.2. The molecule has 0 bridgehead atoms. The third-order valence-corrected chi connectivity index (χ3v) is 3.86. The van der Waals surface area contributed by atoms with Gasteiger partial charge in [-0.3, -0.25) is 4.90 Å². The Labute approximate surface area is 112 Å². The van der Waals surface area contributed by atoms with Crippen LogP contribution in [0.4, 0.5) is 0 Å². The Morgan fingerprint density at radius 2 is 1.94 bits per heavy atom. The van der Waals surface area contributed by atoms with Crippen LogP contribution in [0.25, 0.3) is 0 Å². The fourth-order valence-electron chi connectivity index (χ4n) is 3.25. The molecule has 0 aromatic rings. The molecule has 2 aliphatic rings. The quantitative estimate of drug-likeness (QED) is 0.778. The Hall–Kier alpha value is -0.590. The zero-order valence-corrected chi connectivity index (χ0v) is 12.1. The lowest BCUT2D eigenvalue weighted by Gasteiger charge is -2.39. The fraction of sp³-hybridized carbons (Fsp3) is 0.933. The summed E-state index contributed by atoms with van der Waals surface area (Å²) >= 11 is 0. The predicted octanol–water partition coefficient (Wildman–Crippen LogP) is 2.39. The van der Waals surface area contributed by atoms with Gasteiger partial charge in [-0.25, -0.2) is 0 Å². The predicted molar refractivity (Wildman–Crippen MR) is 74.2 cm³/mol. The maximum absolute atomic E-state index is 8.91. The molecule has 2 rings (SSSR count). The minimum atomic E-state index is 0.393. The molecule has 1 aliphatic carbocycles. The molecule has 0 radical (unpaired) electrons. The van der Waals surface area contributed by atoms with E-state index in [1.54, 1.807) is 0 Å². The SMILES string of the molecule is CC(C)(C)CC1CC(NC2CC2)CN(CC#N)C1.